The summed E-state index contributed by atoms with van der Waals surface area (Å²) in [7, 11) is 0. The van der Waals surface area contributed by atoms with E-state index in [0.717, 1.165) is 12.0 Å². The van der Waals surface area contributed by atoms with Crippen LogP contribution in [0.4, 0.5) is 0 Å². The van der Waals surface area contributed by atoms with Crippen molar-refractivity contribution in [3.63, 3.8) is 0 Å². The molecule has 1 saturated heterocycles. The molecule has 6 nitrogen and oxygen atoms in total. The number of likely N-dealkylation sites (tertiary alicyclic amines) is 1. The van der Waals surface area contributed by atoms with Crippen molar-refractivity contribution < 1.29 is 9.59 Å². The Labute approximate surface area is 155 Å². The molecule has 8 heteroatoms. The lowest BCUT2D eigenvalue weighted by atomic mass is 10.1. The fourth-order valence-corrected chi connectivity index (χ4v) is 3.10. The monoisotopic (exact) mass is 378 g/mol. The second kappa shape index (κ2) is 7.37. The molecule has 0 aliphatic carbocycles. The fraction of sp³-hybridized carbons (Fsp3) is 0.294. The topological polar surface area (TPSA) is 75.2 Å². The maximum absolute atomic E-state index is 12.7. The Hall–Kier alpha value is -2.18. The highest BCUT2D eigenvalue weighted by atomic mass is 35.5. The van der Waals surface area contributed by atoms with E-state index in [4.69, 9.17) is 23.2 Å². The lowest BCUT2D eigenvalue weighted by Crippen LogP contribution is -2.37. The summed E-state index contributed by atoms with van der Waals surface area (Å²) >= 11 is 12.0. The lowest BCUT2D eigenvalue weighted by Gasteiger charge is -2.16. The minimum Gasteiger partial charge on any atom is -0.352 e. The molecule has 0 bridgehead atoms. The molecule has 130 valence electrons. The van der Waals surface area contributed by atoms with Crippen LogP contribution in [0.15, 0.2) is 30.6 Å². The predicted octanol–water partition coefficient (Wildman–Crippen LogP) is 2.80. The minimum absolute atomic E-state index is 0.0159. The highest BCUT2D eigenvalue weighted by Crippen LogP contribution is 2.27. The third-order valence-corrected chi connectivity index (χ3v) is 4.72. The van der Waals surface area contributed by atoms with Gasteiger partial charge in [0.05, 0.1) is 15.7 Å². The van der Waals surface area contributed by atoms with E-state index in [1.165, 1.54) is 13.3 Å². The van der Waals surface area contributed by atoms with E-state index in [1.54, 1.807) is 29.2 Å². The Morgan fingerprint density at radius 3 is 2.72 bits per heavy atom. The maximum atomic E-state index is 12.7. The van der Waals surface area contributed by atoms with Crippen molar-refractivity contribution >= 4 is 35.0 Å². The summed E-state index contributed by atoms with van der Waals surface area (Å²) in [5, 5.41) is 3.71. The molecular formula is C17H16Cl2N4O2. The van der Waals surface area contributed by atoms with Crippen molar-refractivity contribution in [3.8, 4) is 11.3 Å². The van der Waals surface area contributed by atoms with E-state index in [2.05, 4.69) is 15.3 Å². The van der Waals surface area contributed by atoms with Gasteiger partial charge in [0.25, 0.3) is 5.91 Å². The van der Waals surface area contributed by atoms with Crippen molar-refractivity contribution in [2.45, 2.75) is 19.4 Å². The average Bonchev–Trinajstić information content (AvgIpc) is 3.04. The van der Waals surface area contributed by atoms with Crippen molar-refractivity contribution in [2.24, 2.45) is 0 Å². The summed E-state index contributed by atoms with van der Waals surface area (Å²) in [4.78, 5) is 33.8. The van der Waals surface area contributed by atoms with E-state index in [-0.39, 0.29) is 17.9 Å². The molecule has 2 heterocycles. The third kappa shape index (κ3) is 4.08. The predicted molar refractivity (Wildman–Crippen MR) is 95.6 cm³/mol. The number of halogens is 2. The van der Waals surface area contributed by atoms with Crippen molar-refractivity contribution in [2.75, 3.05) is 13.1 Å². The van der Waals surface area contributed by atoms with Gasteiger partial charge in [-0.1, -0.05) is 29.3 Å². The number of benzene rings is 1. The SMILES string of the molecule is CC(=O)N[C@@H]1CCN(C(=O)c2cc(-c3ccc(Cl)c(Cl)c3)ncn2)C1. The minimum atomic E-state index is -0.184. The van der Waals surface area contributed by atoms with Gasteiger partial charge in [0.2, 0.25) is 5.91 Å². The van der Waals surface area contributed by atoms with Gasteiger partial charge < -0.3 is 10.2 Å². The van der Waals surface area contributed by atoms with Gasteiger partial charge in [-0.25, -0.2) is 9.97 Å². The normalized spacial score (nSPS) is 16.8. The molecule has 1 fully saturated rings. The van der Waals surface area contributed by atoms with Crippen LogP contribution in [0, 0.1) is 0 Å². The van der Waals surface area contributed by atoms with Gasteiger partial charge in [0, 0.05) is 31.6 Å². The third-order valence-electron chi connectivity index (χ3n) is 3.98. The van der Waals surface area contributed by atoms with Crippen LogP contribution in [0.2, 0.25) is 10.0 Å². The number of rotatable bonds is 3. The first-order chi connectivity index (χ1) is 11.9. The van der Waals surface area contributed by atoms with Crippen LogP contribution < -0.4 is 5.32 Å². The Balaban J connectivity index is 1.78. The number of carbonyl (C=O) groups is 2. The molecule has 1 N–H and O–H groups in total. The van der Waals surface area contributed by atoms with E-state index >= 15 is 0 Å². The Bertz CT molecular complexity index is 828. The molecular weight excluding hydrogens is 363 g/mol. The van der Waals surface area contributed by atoms with Crippen LogP contribution in [-0.2, 0) is 4.79 Å². The van der Waals surface area contributed by atoms with Crippen LogP contribution in [0.5, 0.6) is 0 Å². The first-order valence-electron chi connectivity index (χ1n) is 7.78. The smallest absolute Gasteiger partial charge is 0.272 e. The summed E-state index contributed by atoms with van der Waals surface area (Å²) in [6, 6.07) is 6.78. The Morgan fingerprint density at radius 1 is 1.20 bits per heavy atom. The molecule has 1 aliphatic rings. The number of amides is 2. The van der Waals surface area contributed by atoms with Crippen LogP contribution in [0.3, 0.4) is 0 Å². The molecule has 1 aromatic heterocycles. The Kier molecular flexibility index (Phi) is 5.20. The van der Waals surface area contributed by atoms with Gasteiger partial charge in [-0.2, -0.15) is 0 Å². The number of aromatic nitrogens is 2. The molecule has 1 atom stereocenters. The molecule has 1 aliphatic heterocycles. The maximum Gasteiger partial charge on any atom is 0.272 e. The first kappa shape index (κ1) is 17.6. The second-order valence-electron chi connectivity index (χ2n) is 5.85. The molecule has 0 spiro atoms. The second-order valence-corrected chi connectivity index (χ2v) is 6.67. The molecule has 0 unspecified atom stereocenters. The molecule has 1 aromatic carbocycles. The highest BCUT2D eigenvalue weighted by molar-refractivity contribution is 6.42. The highest BCUT2D eigenvalue weighted by Gasteiger charge is 2.28. The van der Waals surface area contributed by atoms with E-state index in [1.807, 2.05) is 0 Å². The number of nitrogens with zero attached hydrogens (tertiary/aromatic N) is 3. The van der Waals surface area contributed by atoms with Gasteiger partial charge in [-0.3, -0.25) is 9.59 Å². The van der Waals surface area contributed by atoms with Crippen LogP contribution >= 0.6 is 23.2 Å². The number of nitrogens with one attached hydrogen (secondary N) is 1. The van der Waals surface area contributed by atoms with Crippen molar-refractivity contribution in [3.05, 3.63) is 46.3 Å². The van der Waals surface area contributed by atoms with Crippen molar-refractivity contribution in [1.29, 1.82) is 0 Å². The average molecular weight is 379 g/mol. The molecule has 2 aromatic rings. The molecule has 2 amide bonds. The molecule has 0 radical (unpaired) electrons. The summed E-state index contributed by atoms with van der Waals surface area (Å²) in [6.07, 6.45) is 2.09. The van der Waals surface area contributed by atoms with Gasteiger partial charge in [0.15, 0.2) is 0 Å². The van der Waals surface area contributed by atoms with Crippen LogP contribution in [-0.4, -0.2) is 45.8 Å². The summed E-state index contributed by atoms with van der Waals surface area (Å²) in [5.41, 5.74) is 1.65. The van der Waals surface area contributed by atoms with Gasteiger partial charge in [-0.05, 0) is 24.6 Å². The summed E-state index contributed by atoms with van der Waals surface area (Å²) in [6.45, 7) is 2.53. The van der Waals surface area contributed by atoms with Crippen LogP contribution in [0.25, 0.3) is 11.3 Å². The number of hydrogen-bond acceptors (Lipinski definition) is 4. The summed E-state index contributed by atoms with van der Waals surface area (Å²) in [5.74, 6) is -0.278. The van der Waals surface area contributed by atoms with Gasteiger partial charge in [-0.15, -0.1) is 0 Å². The van der Waals surface area contributed by atoms with Crippen LogP contribution in [0.1, 0.15) is 23.8 Å². The van der Waals surface area contributed by atoms with Gasteiger partial charge in [0.1, 0.15) is 12.0 Å². The van der Waals surface area contributed by atoms with Gasteiger partial charge >= 0.3 is 0 Å². The molecule has 0 saturated carbocycles. The van der Waals surface area contributed by atoms with E-state index < -0.39 is 0 Å². The zero-order chi connectivity index (χ0) is 18.0. The quantitative estimate of drug-likeness (QED) is 0.890. The van der Waals surface area contributed by atoms with E-state index in [0.29, 0.717) is 34.5 Å². The van der Waals surface area contributed by atoms with Crippen molar-refractivity contribution in [1.82, 2.24) is 20.2 Å². The zero-order valence-corrected chi connectivity index (χ0v) is 15.0. The number of hydrogen-bond donors (Lipinski definition) is 1. The molecule has 3 rings (SSSR count). The Morgan fingerprint density at radius 2 is 2.00 bits per heavy atom. The summed E-state index contributed by atoms with van der Waals surface area (Å²) < 4.78 is 0. The fourth-order valence-electron chi connectivity index (χ4n) is 2.80. The standard InChI is InChI=1S/C17H16Cl2N4O2/c1-10(24)22-12-4-5-23(8-12)17(25)16-7-15(20-9-21-16)11-2-3-13(18)14(19)6-11/h2-3,6-7,9,12H,4-5,8H2,1H3,(H,22,24)/t12-/m1/s1. The first-order valence-corrected chi connectivity index (χ1v) is 8.53. The molecule has 25 heavy (non-hydrogen) atoms. The lowest BCUT2D eigenvalue weighted by molar-refractivity contribution is -0.119. The largest absolute Gasteiger partial charge is 0.352 e. The number of carbonyl (C=O) groups excluding carboxylic acids is 2. The zero-order valence-electron chi connectivity index (χ0n) is 13.5. The van der Waals surface area contributed by atoms with E-state index in [9.17, 15) is 9.59 Å².